The molecule has 0 atom stereocenters. The van der Waals surface area contributed by atoms with E-state index in [9.17, 15) is 10.1 Å². The minimum absolute atomic E-state index is 0.147. The first-order valence-electron chi connectivity index (χ1n) is 6.13. The molecule has 0 fully saturated rings. The zero-order valence-corrected chi connectivity index (χ0v) is 12.5. The van der Waals surface area contributed by atoms with E-state index in [-0.39, 0.29) is 10.6 Å². The molecule has 1 aromatic carbocycles. The van der Waals surface area contributed by atoms with E-state index in [1.165, 1.54) is 29.2 Å². The molecule has 106 valence electrons. The fraction of sp³-hybridized carbons (Fsp3) is 0.333. The second-order valence-corrected chi connectivity index (χ2v) is 6.17. The number of nitro groups is 1. The first kappa shape index (κ1) is 14.7. The maximum Gasteiger partial charge on any atom is 0.273 e. The summed E-state index contributed by atoms with van der Waals surface area (Å²) in [5.41, 5.74) is 0.842. The topological polar surface area (TPSA) is 81.0 Å². The van der Waals surface area contributed by atoms with E-state index in [0.717, 1.165) is 22.4 Å². The van der Waals surface area contributed by atoms with Gasteiger partial charge in [-0.05, 0) is 6.42 Å². The van der Waals surface area contributed by atoms with Crippen LogP contribution in [0.25, 0.3) is 0 Å². The highest BCUT2D eigenvalue weighted by Crippen LogP contribution is 2.30. The van der Waals surface area contributed by atoms with Gasteiger partial charge in [-0.3, -0.25) is 10.1 Å². The van der Waals surface area contributed by atoms with Crippen LogP contribution < -0.4 is 5.32 Å². The van der Waals surface area contributed by atoms with Crippen molar-refractivity contribution in [3.8, 4) is 0 Å². The number of hydrogen-bond donors (Lipinski definition) is 1. The normalized spacial score (nSPS) is 10.4. The Morgan fingerprint density at radius 3 is 2.95 bits per heavy atom. The summed E-state index contributed by atoms with van der Waals surface area (Å²) in [6, 6.07) is 6.76. The Balaban J connectivity index is 1.98. The predicted octanol–water partition coefficient (Wildman–Crippen LogP) is 3.56. The van der Waals surface area contributed by atoms with Gasteiger partial charge < -0.3 is 5.32 Å². The summed E-state index contributed by atoms with van der Waals surface area (Å²) in [7, 11) is 0. The van der Waals surface area contributed by atoms with Crippen LogP contribution >= 0.6 is 23.1 Å². The molecule has 0 bridgehead atoms. The van der Waals surface area contributed by atoms with Crippen LogP contribution in [0, 0.1) is 10.1 Å². The molecule has 0 aliphatic carbocycles. The smallest absolute Gasteiger partial charge is 0.273 e. The van der Waals surface area contributed by atoms with Gasteiger partial charge in [0.2, 0.25) is 5.13 Å². The fourth-order valence-electron chi connectivity index (χ4n) is 1.52. The third-order valence-corrected chi connectivity index (χ3v) is 4.54. The summed E-state index contributed by atoms with van der Waals surface area (Å²) < 4.78 is 0.807. The van der Waals surface area contributed by atoms with E-state index in [1.54, 1.807) is 18.2 Å². The molecule has 2 rings (SSSR count). The van der Waals surface area contributed by atoms with Crippen molar-refractivity contribution < 1.29 is 4.92 Å². The summed E-state index contributed by atoms with van der Waals surface area (Å²) in [5, 5.41) is 23.0. The van der Waals surface area contributed by atoms with Gasteiger partial charge >= 0.3 is 0 Å². The van der Waals surface area contributed by atoms with Gasteiger partial charge in [0.1, 0.15) is 0 Å². The fourth-order valence-corrected chi connectivity index (χ4v) is 3.30. The second-order valence-electron chi connectivity index (χ2n) is 3.97. The maximum atomic E-state index is 10.9. The van der Waals surface area contributed by atoms with Crippen LogP contribution in [0.2, 0.25) is 0 Å². The molecule has 0 unspecified atom stereocenters. The molecule has 2 aromatic rings. The Hall–Kier alpha value is -1.67. The van der Waals surface area contributed by atoms with Gasteiger partial charge in [-0.1, -0.05) is 48.2 Å². The van der Waals surface area contributed by atoms with Gasteiger partial charge in [-0.15, -0.1) is 10.2 Å². The first-order chi connectivity index (χ1) is 9.70. The molecule has 0 amide bonds. The van der Waals surface area contributed by atoms with Crippen molar-refractivity contribution in [1.82, 2.24) is 10.2 Å². The quantitative estimate of drug-likeness (QED) is 0.478. The highest BCUT2D eigenvalue weighted by Gasteiger charge is 2.13. The maximum absolute atomic E-state index is 10.9. The second kappa shape index (κ2) is 7.20. The minimum Gasteiger partial charge on any atom is -0.360 e. The number of aromatic nitrogens is 2. The lowest BCUT2D eigenvalue weighted by Crippen LogP contribution is -1.98. The van der Waals surface area contributed by atoms with Gasteiger partial charge in [0.05, 0.1) is 4.92 Å². The van der Waals surface area contributed by atoms with Crippen LogP contribution in [0.1, 0.15) is 18.9 Å². The molecule has 0 spiro atoms. The molecule has 1 N–H and O–H groups in total. The molecule has 0 radical (unpaired) electrons. The molecule has 0 aliphatic heterocycles. The van der Waals surface area contributed by atoms with Gasteiger partial charge in [-0.25, -0.2) is 0 Å². The number of nitrogens with one attached hydrogen (secondary N) is 1. The standard InChI is InChI=1S/C12H14N4O2S2/c1-2-7-13-11-14-15-12(20-11)19-8-9-5-3-4-6-10(9)16(17)18/h3-6H,2,7-8H2,1H3,(H,13,14). The van der Waals surface area contributed by atoms with Crippen LogP contribution in [0.15, 0.2) is 28.6 Å². The van der Waals surface area contributed by atoms with Crippen LogP contribution in [-0.2, 0) is 5.75 Å². The Morgan fingerprint density at radius 2 is 2.20 bits per heavy atom. The molecule has 0 aliphatic rings. The van der Waals surface area contributed by atoms with Gasteiger partial charge in [0, 0.05) is 23.9 Å². The van der Waals surface area contributed by atoms with E-state index in [0.29, 0.717) is 11.3 Å². The van der Waals surface area contributed by atoms with Crippen molar-refractivity contribution in [3.05, 3.63) is 39.9 Å². The first-order valence-corrected chi connectivity index (χ1v) is 7.93. The van der Waals surface area contributed by atoms with E-state index in [4.69, 9.17) is 0 Å². The van der Waals surface area contributed by atoms with Crippen LogP contribution in [0.3, 0.4) is 0 Å². The van der Waals surface area contributed by atoms with Crippen molar-refractivity contribution >= 4 is 33.9 Å². The Labute approximate surface area is 124 Å². The van der Waals surface area contributed by atoms with Crippen molar-refractivity contribution in [1.29, 1.82) is 0 Å². The highest BCUT2D eigenvalue weighted by atomic mass is 32.2. The molecule has 1 heterocycles. The van der Waals surface area contributed by atoms with Gasteiger partial charge in [0.15, 0.2) is 4.34 Å². The average Bonchev–Trinajstić information content (AvgIpc) is 2.91. The zero-order valence-electron chi connectivity index (χ0n) is 10.9. The molecule has 8 heteroatoms. The summed E-state index contributed by atoms with van der Waals surface area (Å²) in [6.45, 7) is 2.95. The van der Waals surface area contributed by atoms with Crippen molar-refractivity contribution in [2.75, 3.05) is 11.9 Å². The summed E-state index contributed by atoms with van der Waals surface area (Å²) in [5.74, 6) is 0.513. The Bertz CT molecular complexity index is 588. The molecule has 0 saturated heterocycles. The number of nitro benzene ring substituents is 1. The lowest BCUT2D eigenvalue weighted by Gasteiger charge is -2.00. The number of anilines is 1. The molecular formula is C12H14N4O2S2. The number of rotatable bonds is 7. The Morgan fingerprint density at radius 1 is 1.40 bits per heavy atom. The number of hydrogen-bond acceptors (Lipinski definition) is 7. The van der Waals surface area contributed by atoms with Crippen LogP contribution in [0.5, 0.6) is 0 Å². The van der Waals surface area contributed by atoms with E-state index < -0.39 is 0 Å². The number of thioether (sulfide) groups is 1. The monoisotopic (exact) mass is 310 g/mol. The lowest BCUT2D eigenvalue weighted by molar-refractivity contribution is -0.385. The van der Waals surface area contributed by atoms with Gasteiger partial charge in [-0.2, -0.15) is 0 Å². The average molecular weight is 310 g/mol. The predicted molar refractivity (Wildman–Crippen MR) is 81.3 cm³/mol. The van der Waals surface area contributed by atoms with Crippen molar-refractivity contribution in [3.63, 3.8) is 0 Å². The van der Waals surface area contributed by atoms with Crippen molar-refractivity contribution in [2.45, 2.75) is 23.4 Å². The number of para-hydroxylation sites is 1. The molecule has 6 nitrogen and oxygen atoms in total. The molecular weight excluding hydrogens is 296 g/mol. The number of nitrogens with zero attached hydrogens (tertiary/aromatic N) is 3. The largest absolute Gasteiger partial charge is 0.360 e. The van der Waals surface area contributed by atoms with E-state index >= 15 is 0 Å². The third kappa shape index (κ3) is 3.91. The number of benzene rings is 1. The molecule has 1 aromatic heterocycles. The minimum atomic E-state index is -0.357. The van der Waals surface area contributed by atoms with Crippen LogP contribution in [0.4, 0.5) is 10.8 Å². The Kier molecular flexibility index (Phi) is 5.31. The summed E-state index contributed by atoms with van der Waals surface area (Å²) in [6.07, 6.45) is 1.03. The molecule has 0 saturated carbocycles. The zero-order chi connectivity index (χ0) is 14.4. The molecule has 20 heavy (non-hydrogen) atoms. The summed E-state index contributed by atoms with van der Waals surface area (Å²) in [4.78, 5) is 10.6. The third-order valence-electron chi connectivity index (χ3n) is 2.47. The lowest BCUT2D eigenvalue weighted by atomic mass is 10.2. The van der Waals surface area contributed by atoms with E-state index in [2.05, 4.69) is 22.4 Å². The van der Waals surface area contributed by atoms with Crippen molar-refractivity contribution in [2.24, 2.45) is 0 Å². The van der Waals surface area contributed by atoms with E-state index in [1.807, 2.05) is 0 Å². The SMILES string of the molecule is CCCNc1nnc(SCc2ccccc2[N+](=O)[O-])s1. The summed E-state index contributed by atoms with van der Waals surface area (Å²) >= 11 is 2.93. The van der Waals surface area contributed by atoms with Crippen LogP contribution in [-0.4, -0.2) is 21.7 Å². The highest BCUT2D eigenvalue weighted by molar-refractivity contribution is 8.00. The van der Waals surface area contributed by atoms with Gasteiger partial charge in [0.25, 0.3) is 5.69 Å².